The van der Waals surface area contributed by atoms with Crippen LogP contribution in [-0.2, 0) is 20.9 Å². The largest absolute Gasteiger partial charge is 0.485 e. The van der Waals surface area contributed by atoms with E-state index in [9.17, 15) is 18.4 Å². The number of imidazole rings is 1. The minimum atomic E-state index is -0.710. The number of amides is 1. The number of carbonyl (C=O) groups is 2. The fraction of sp³-hybridized carbons (Fsp3) is 0.444. The third-order valence-corrected chi connectivity index (χ3v) is 5.41. The molecule has 0 bridgehead atoms. The van der Waals surface area contributed by atoms with Crippen molar-refractivity contribution in [1.29, 1.82) is 0 Å². The third kappa shape index (κ3) is 7.48. The fourth-order valence-electron chi connectivity index (χ4n) is 3.76. The van der Waals surface area contributed by atoms with E-state index < -0.39 is 29.2 Å². The van der Waals surface area contributed by atoms with Crippen molar-refractivity contribution in [3.63, 3.8) is 0 Å². The lowest BCUT2D eigenvalue weighted by Gasteiger charge is -2.22. The number of benzene rings is 1. The number of fused-ring (bicyclic) bond motifs is 1. The quantitative estimate of drug-likeness (QED) is 0.369. The maximum Gasteiger partial charge on any atom is 0.306 e. The van der Waals surface area contributed by atoms with Crippen molar-refractivity contribution in [1.82, 2.24) is 14.7 Å². The lowest BCUT2D eigenvalue weighted by molar-refractivity contribution is -0.155. The van der Waals surface area contributed by atoms with Crippen molar-refractivity contribution in [2.24, 2.45) is 0 Å². The van der Waals surface area contributed by atoms with Crippen LogP contribution in [0.3, 0.4) is 0 Å². The van der Waals surface area contributed by atoms with Gasteiger partial charge in [0, 0.05) is 19.2 Å². The number of pyridine rings is 1. The van der Waals surface area contributed by atoms with Gasteiger partial charge in [-0.05, 0) is 65.3 Å². The zero-order chi connectivity index (χ0) is 27.2. The van der Waals surface area contributed by atoms with E-state index in [4.69, 9.17) is 14.2 Å². The molecule has 0 saturated heterocycles. The van der Waals surface area contributed by atoms with Crippen LogP contribution in [0.4, 0.5) is 8.78 Å². The number of aromatic nitrogens is 2. The third-order valence-electron chi connectivity index (χ3n) is 5.41. The van der Waals surface area contributed by atoms with Crippen molar-refractivity contribution in [2.45, 2.75) is 65.7 Å². The normalized spacial score (nSPS) is 12.4. The van der Waals surface area contributed by atoms with Crippen LogP contribution in [0.2, 0.25) is 0 Å². The Kier molecular flexibility index (Phi) is 9.20. The summed E-state index contributed by atoms with van der Waals surface area (Å²) in [7, 11) is 0. The highest BCUT2D eigenvalue weighted by molar-refractivity contribution is 5.95. The second-order valence-corrected chi connectivity index (χ2v) is 9.56. The van der Waals surface area contributed by atoms with Gasteiger partial charge in [-0.15, -0.1) is 0 Å². The van der Waals surface area contributed by atoms with E-state index in [0.717, 1.165) is 12.1 Å². The molecule has 0 radical (unpaired) electrons. The molecule has 0 aliphatic heterocycles. The number of nitrogens with zero attached hydrogens (tertiary/aromatic N) is 2. The molecule has 10 heteroatoms. The van der Waals surface area contributed by atoms with Crippen molar-refractivity contribution >= 4 is 17.5 Å². The van der Waals surface area contributed by atoms with E-state index in [1.54, 1.807) is 50.4 Å². The summed E-state index contributed by atoms with van der Waals surface area (Å²) in [6, 6.07) is 6.43. The van der Waals surface area contributed by atoms with Crippen LogP contribution < -0.4 is 10.1 Å². The van der Waals surface area contributed by atoms with E-state index in [-0.39, 0.29) is 42.6 Å². The Hall–Kier alpha value is -3.53. The molecule has 8 nitrogen and oxygen atoms in total. The van der Waals surface area contributed by atoms with Crippen molar-refractivity contribution in [3.8, 4) is 5.75 Å². The molecule has 3 rings (SSSR count). The number of carbonyl (C=O) groups excluding carboxylic acids is 2. The Morgan fingerprint density at radius 1 is 1.14 bits per heavy atom. The maximum absolute atomic E-state index is 14.0. The average molecular weight is 518 g/mol. The van der Waals surface area contributed by atoms with Gasteiger partial charge in [-0.1, -0.05) is 6.07 Å². The van der Waals surface area contributed by atoms with Crippen LogP contribution in [0.1, 0.15) is 62.3 Å². The average Bonchev–Trinajstić information content (AvgIpc) is 3.16. The maximum atomic E-state index is 14.0. The molecule has 3 aromatic rings. The topological polar surface area (TPSA) is 91.2 Å². The first kappa shape index (κ1) is 28.0. The Labute approximate surface area is 214 Å². The molecule has 2 heterocycles. The molecule has 0 aliphatic rings. The van der Waals surface area contributed by atoms with Gasteiger partial charge in [0.05, 0.1) is 23.9 Å². The van der Waals surface area contributed by atoms with Gasteiger partial charge in [-0.3, -0.25) is 14.0 Å². The lowest BCUT2D eigenvalue weighted by Crippen LogP contribution is -2.39. The second kappa shape index (κ2) is 12.1. The second-order valence-electron chi connectivity index (χ2n) is 9.56. The number of aryl methyl sites for hydroxylation is 1. The van der Waals surface area contributed by atoms with Gasteiger partial charge in [-0.2, -0.15) is 0 Å². The lowest BCUT2D eigenvalue weighted by atomic mass is 10.1. The van der Waals surface area contributed by atoms with Crippen LogP contribution >= 0.6 is 0 Å². The van der Waals surface area contributed by atoms with Gasteiger partial charge >= 0.3 is 5.97 Å². The molecule has 37 heavy (non-hydrogen) atoms. The van der Waals surface area contributed by atoms with Crippen LogP contribution in [-0.4, -0.2) is 46.1 Å². The number of halogens is 2. The first-order chi connectivity index (χ1) is 17.5. The fourth-order valence-corrected chi connectivity index (χ4v) is 3.76. The standard InChI is InChI=1S/C27H33F2N3O5/c1-6-35-15-18(12-13-23(33)37-27(3,4)5)31-26(34)24-17(2)30-25-22(11-8-14-32(24)25)36-16-19-20(28)9-7-10-21(19)29/h7-11,14,18H,6,12-13,15-16H2,1-5H3,(H,31,34). The van der Waals surface area contributed by atoms with Gasteiger partial charge in [0.15, 0.2) is 11.4 Å². The summed E-state index contributed by atoms with van der Waals surface area (Å²) in [6.45, 7) is 9.25. The van der Waals surface area contributed by atoms with Gasteiger partial charge in [0.1, 0.15) is 29.5 Å². The summed E-state index contributed by atoms with van der Waals surface area (Å²) in [5, 5.41) is 2.93. The molecule has 200 valence electrons. The van der Waals surface area contributed by atoms with Crippen molar-refractivity contribution in [2.75, 3.05) is 13.2 Å². The molecule has 0 spiro atoms. The van der Waals surface area contributed by atoms with Gasteiger partial charge in [-0.25, -0.2) is 13.8 Å². The zero-order valence-electron chi connectivity index (χ0n) is 21.8. The highest BCUT2D eigenvalue weighted by Crippen LogP contribution is 2.24. The number of rotatable bonds is 11. The number of hydrogen-bond acceptors (Lipinski definition) is 6. The van der Waals surface area contributed by atoms with Crippen LogP contribution in [0.5, 0.6) is 5.75 Å². The van der Waals surface area contributed by atoms with Crippen LogP contribution in [0, 0.1) is 18.6 Å². The Morgan fingerprint density at radius 3 is 2.49 bits per heavy atom. The number of ether oxygens (including phenoxy) is 3. The highest BCUT2D eigenvalue weighted by Gasteiger charge is 2.24. The first-order valence-corrected chi connectivity index (χ1v) is 12.1. The highest BCUT2D eigenvalue weighted by atomic mass is 19.1. The molecule has 1 amide bonds. The molecular weight excluding hydrogens is 484 g/mol. The summed E-state index contributed by atoms with van der Waals surface area (Å²) in [4.78, 5) is 29.9. The number of nitrogens with one attached hydrogen (secondary N) is 1. The predicted octanol–water partition coefficient (Wildman–Crippen LogP) is 4.76. The Balaban J connectivity index is 1.77. The first-order valence-electron chi connectivity index (χ1n) is 12.1. The van der Waals surface area contributed by atoms with Gasteiger partial charge in [0.2, 0.25) is 0 Å². The summed E-state index contributed by atoms with van der Waals surface area (Å²) in [5.74, 6) is -1.92. The molecule has 1 aromatic carbocycles. The minimum absolute atomic E-state index is 0.117. The van der Waals surface area contributed by atoms with Crippen molar-refractivity contribution < 1.29 is 32.6 Å². The molecule has 0 fully saturated rings. The monoisotopic (exact) mass is 517 g/mol. The summed E-state index contributed by atoms with van der Waals surface area (Å²) in [5.41, 5.74) is 0.247. The molecule has 0 aliphatic carbocycles. The summed E-state index contributed by atoms with van der Waals surface area (Å²) in [6.07, 6.45) is 2.10. The summed E-state index contributed by atoms with van der Waals surface area (Å²) < 4.78 is 46.1. The van der Waals surface area contributed by atoms with E-state index in [2.05, 4.69) is 10.3 Å². The van der Waals surface area contributed by atoms with E-state index >= 15 is 0 Å². The molecule has 1 unspecified atom stereocenters. The molecule has 0 saturated carbocycles. The molecule has 1 N–H and O–H groups in total. The molecular formula is C27H33F2N3O5. The Bertz CT molecular complexity index is 1230. The van der Waals surface area contributed by atoms with E-state index in [1.165, 1.54) is 6.07 Å². The SMILES string of the molecule is CCOCC(CCC(=O)OC(C)(C)C)NC(=O)c1c(C)nc2c(OCc3c(F)cccc3F)cccn12. The van der Waals surface area contributed by atoms with Crippen LogP contribution in [0.15, 0.2) is 36.5 Å². The zero-order valence-corrected chi connectivity index (χ0v) is 21.8. The minimum Gasteiger partial charge on any atom is -0.485 e. The Morgan fingerprint density at radius 2 is 1.84 bits per heavy atom. The molecule has 1 atom stereocenters. The van der Waals surface area contributed by atoms with E-state index in [1.807, 2.05) is 6.92 Å². The van der Waals surface area contributed by atoms with Crippen LogP contribution in [0.25, 0.3) is 5.65 Å². The number of esters is 1. The smallest absolute Gasteiger partial charge is 0.306 e. The predicted molar refractivity (Wildman–Crippen MR) is 133 cm³/mol. The van der Waals surface area contributed by atoms with E-state index in [0.29, 0.717) is 24.4 Å². The summed E-state index contributed by atoms with van der Waals surface area (Å²) >= 11 is 0. The molecule has 2 aromatic heterocycles. The van der Waals surface area contributed by atoms with Gasteiger partial charge in [0.25, 0.3) is 5.91 Å². The number of hydrogen-bond donors (Lipinski definition) is 1. The van der Waals surface area contributed by atoms with Crippen molar-refractivity contribution in [3.05, 3.63) is 65.1 Å². The van der Waals surface area contributed by atoms with Gasteiger partial charge < -0.3 is 19.5 Å².